The van der Waals surface area contributed by atoms with E-state index in [1.165, 1.54) is 0 Å². The van der Waals surface area contributed by atoms with E-state index in [4.69, 9.17) is 15.2 Å². The number of ether oxygens (including phenoxy) is 2. The zero-order valence-corrected chi connectivity index (χ0v) is 9.77. The Morgan fingerprint density at radius 3 is 2.25 bits per heavy atom. The van der Waals surface area contributed by atoms with Crippen LogP contribution in [0.2, 0.25) is 0 Å². The van der Waals surface area contributed by atoms with Crippen LogP contribution in [0, 0.1) is 0 Å². The quantitative estimate of drug-likeness (QED) is 0.836. The Bertz CT molecular complexity index is 346. The average molecular weight is 222 g/mol. The molecule has 1 saturated heterocycles. The highest BCUT2D eigenvalue weighted by Gasteiger charge is 2.20. The molecule has 0 saturated carbocycles. The molecule has 1 aromatic rings. The van der Waals surface area contributed by atoms with Crippen molar-refractivity contribution >= 4 is 5.69 Å². The highest BCUT2D eigenvalue weighted by Crippen LogP contribution is 2.30. The summed E-state index contributed by atoms with van der Waals surface area (Å²) in [6.45, 7) is 1.90. The van der Waals surface area contributed by atoms with E-state index in [0.29, 0.717) is 0 Å². The molecule has 1 aliphatic heterocycles. The number of benzene rings is 1. The number of hydrogen-bond donors (Lipinski definition) is 1. The van der Waals surface area contributed by atoms with Gasteiger partial charge in [-0.3, -0.25) is 0 Å². The molecule has 0 unspecified atom stereocenters. The van der Waals surface area contributed by atoms with Crippen LogP contribution >= 0.6 is 0 Å². The first-order chi connectivity index (χ1) is 7.72. The van der Waals surface area contributed by atoms with E-state index in [1.807, 2.05) is 18.2 Å². The molecule has 1 aliphatic rings. The van der Waals surface area contributed by atoms with Crippen LogP contribution in [-0.4, -0.2) is 33.4 Å². The normalized spacial score (nSPS) is 19.9. The van der Waals surface area contributed by atoms with E-state index < -0.39 is 0 Å². The fourth-order valence-electron chi connectivity index (χ4n) is 2.00. The maximum absolute atomic E-state index is 5.90. The largest absolute Gasteiger partial charge is 0.497 e. The average Bonchev–Trinajstić information content (AvgIpc) is 2.75. The van der Waals surface area contributed by atoms with Gasteiger partial charge in [0.15, 0.2) is 0 Å². The van der Waals surface area contributed by atoms with Gasteiger partial charge in [0.2, 0.25) is 0 Å². The Balaban J connectivity index is 2.25. The third-order valence-electron chi connectivity index (χ3n) is 2.93. The second kappa shape index (κ2) is 4.61. The van der Waals surface area contributed by atoms with E-state index in [2.05, 4.69) is 4.90 Å². The van der Waals surface area contributed by atoms with Gasteiger partial charge in [0, 0.05) is 43.0 Å². The highest BCUT2D eigenvalue weighted by atomic mass is 16.5. The smallest absolute Gasteiger partial charge is 0.124 e. The van der Waals surface area contributed by atoms with Crippen molar-refractivity contribution in [2.45, 2.75) is 12.5 Å². The summed E-state index contributed by atoms with van der Waals surface area (Å²) < 4.78 is 10.5. The number of nitrogens with two attached hydrogens (primary N) is 1. The van der Waals surface area contributed by atoms with Crippen molar-refractivity contribution in [3.8, 4) is 11.5 Å². The van der Waals surface area contributed by atoms with Crippen molar-refractivity contribution in [3.63, 3.8) is 0 Å². The first-order valence-corrected chi connectivity index (χ1v) is 5.46. The lowest BCUT2D eigenvalue weighted by molar-refractivity contribution is 0.394. The summed E-state index contributed by atoms with van der Waals surface area (Å²) in [5, 5.41) is 0. The second-order valence-electron chi connectivity index (χ2n) is 4.07. The first kappa shape index (κ1) is 11.1. The fourth-order valence-corrected chi connectivity index (χ4v) is 2.00. The van der Waals surface area contributed by atoms with E-state index in [-0.39, 0.29) is 6.04 Å². The van der Waals surface area contributed by atoms with Gasteiger partial charge in [0.05, 0.1) is 14.2 Å². The molecule has 1 fully saturated rings. The van der Waals surface area contributed by atoms with Gasteiger partial charge in [-0.25, -0.2) is 0 Å². The van der Waals surface area contributed by atoms with Gasteiger partial charge in [-0.15, -0.1) is 0 Å². The van der Waals surface area contributed by atoms with Gasteiger partial charge >= 0.3 is 0 Å². The molecule has 2 N–H and O–H groups in total. The van der Waals surface area contributed by atoms with Gasteiger partial charge in [0.1, 0.15) is 11.5 Å². The van der Waals surface area contributed by atoms with Crippen molar-refractivity contribution in [1.29, 1.82) is 0 Å². The molecule has 1 heterocycles. The van der Waals surface area contributed by atoms with Crippen LogP contribution < -0.4 is 20.1 Å². The van der Waals surface area contributed by atoms with Crippen LogP contribution in [0.4, 0.5) is 5.69 Å². The molecule has 4 heteroatoms. The molecule has 0 amide bonds. The standard InChI is InChI=1S/C12H18N2O2/c1-15-11-5-10(6-12(7-11)16-2)14-4-3-9(13)8-14/h5-7,9H,3-4,8,13H2,1-2H3/t9-/m1/s1. The minimum atomic E-state index is 0.275. The summed E-state index contributed by atoms with van der Waals surface area (Å²) in [5.74, 6) is 1.63. The minimum absolute atomic E-state index is 0.275. The van der Waals surface area contributed by atoms with Crippen LogP contribution in [0.1, 0.15) is 6.42 Å². The SMILES string of the molecule is COc1cc(OC)cc(N2CC[C@@H](N)C2)c1. The van der Waals surface area contributed by atoms with Crippen LogP contribution in [0.15, 0.2) is 18.2 Å². The van der Waals surface area contributed by atoms with Crippen molar-refractivity contribution in [2.24, 2.45) is 5.73 Å². The molecule has 4 nitrogen and oxygen atoms in total. The van der Waals surface area contributed by atoms with Crippen LogP contribution in [0.3, 0.4) is 0 Å². The van der Waals surface area contributed by atoms with Gasteiger partial charge in [-0.1, -0.05) is 0 Å². The molecule has 1 atom stereocenters. The molecular weight excluding hydrogens is 204 g/mol. The van der Waals surface area contributed by atoms with Crippen LogP contribution in [-0.2, 0) is 0 Å². The van der Waals surface area contributed by atoms with E-state index in [1.54, 1.807) is 14.2 Å². The molecule has 0 aromatic heterocycles. The number of anilines is 1. The number of nitrogens with zero attached hydrogens (tertiary/aromatic N) is 1. The molecule has 0 aliphatic carbocycles. The minimum Gasteiger partial charge on any atom is -0.497 e. The first-order valence-electron chi connectivity index (χ1n) is 5.46. The lowest BCUT2D eigenvalue weighted by Gasteiger charge is -2.19. The molecule has 0 spiro atoms. The molecule has 1 aromatic carbocycles. The van der Waals surface area contributed by atoms with Crippen LogP contribution in [0.5, 0.6) is 11.5 Å². The third kappa shape index (κ3) is 2.22. The van der Waals surface area contributed by atoms with Gasteiger partial charge in [-0.05, 0) is 6.42 Å². The lowest BCUT2D eigenvalue weighted by Crippen LogP contribution is -2.26. The number of hydrogen-bond acceptors (Lipinski definition) is 4. The molecule has 16 heavy (non-hydrogen) atoms. The predicted octanol–water partition coefficient (Wildman–Crippen LogP) is 1.24. The summed E-state index contributed by atoms with van der Waals surface area (Å²) in [4.78, 5) is 2.26. The number of methoxy groups -OCH3 is 2. The summed E-state index contributed by atoms with van der Waals surface area (Å²) in [5.41, 5.74) is 7.01. The molecule has 0 radical (unpaired) electrons. The molecule has 0 bridgehead atoms. The summed E-state index contributed by atoms with van der Waals surface area (Å²) in [6, 6.07) is 6.18. The molecular formula is C12H18N2O2. The van der Waals surface area contributed by atoms with Gasteiger partial charge < -0.3 is 20.1 Å². The number of rotatable bonds is 3. The zero-order chi connectivity index (χ0) is 11.5. The van der Waals surface area contributed by atoms with E-state index in [9.17, 15) is 0 Å². The monoisotopic (exact) mass is 222 g/mol. The Labute approximate surface area is 95.9 Å². The Kier molecular flexibility index (Phi) is 3.19. The topological polar surface area (TPSA) is 47.7 Å². The summed E-state index contributed by atoms with van der Waals surface area (Å²) in [7, 11) is 3.32. The van der Waals surface area contributed by atoms with E-state index >= 15 is 0 Å². The molecule has 88 valence electrons. The highest BCUT2D eigenvalue weighted by molar-refractivity contribution is 5.56. The Morgan fingerprint density at radius 1 is 1.19 bits per heavy atom. The maximum atomic E-state index is 5.90. The Hall–Kier alpha value is -1.42. The maximum Gasteiger partial charge on any atom is 0.124 e. The zero-order valence-electron chi connectivity index (χ0n) is 9.77. The Morgan fingerprint density at radius 2 is 1.81 bits per heavy atom. The van der Waals surface area contributed by atoms with Crippen molar-refractivity contribution in [2.75, 3.05) is 32.2 Å². The predicted molar refractivity (Wildman–Crippen MR) is 64.4 cm³/mol. The van der Waals surface area contributed by atoms with Gasteiger partial charge in [-0.2, -0.15) is 0 Å². The van der Waals surface area contributed by atoms with Crippen LogP contribution in [0.25, 0.3) is 0 Å². The third-order valence-corrected chi connectivity index (χ3v) is 2.93. The van der Waals surface area contributed by atoms with Crippen molar-refractivity contribution in [1.82, 2.24) is 0 Å². The van der Waals surface area contributed by atoms with Crippen molar-refractivity contribution < 1.29 is 9.47 Å². The van der Waals surface area contributed by atoms with Gasteiger partial charge in [0.25, 0.3) is 0 Å². The second-order valence-corrected chi connectivity index (χ2v) is 4.07. The lowest BCUT2D eigenvalue weighted by atomic mass is 10.2. The fraction of sp³-hybridized carbons (Fsp3) is 0.500. The summed E-state index contributed by atoms with van der Waals surface area (Å²) in [6.07, 6.45) is 1.04. The molecule has 2 rings (SSSR count). The summed E-state index contributed by atoms with van der Waals surface area (Å²) >= 11 is 0. The van der Waals surface area contributed by atoms with Crippen molar-refractivity contribution in [3.05, 3.63) is 18.2 Å². The van der Waals surface area contributed by atoms with E-state index in [0.717, 1.165) is 36.7 Å².